The van der Waals surface area contributed by atoms with E-state index in [2.05, 4.69) is 66.0 Å². The van der Waals surface area contributed by atoms with Gasteiger partial charge in [-0.3, -0.25) is 34.5 Å². The summed E-state index contributed by atoms with van der Waals surface area (Å²) in [6.07, 6.45) is 8.43. The van der Waals surface area contributed by atoms with Crippen LogP contribution in [0.25, 0.3) is 11.3 Å². The summed E-state index contributed by atoms with van der Waals surface area (Å²) in [5.41, 5.74) is 13.7. The molecule has 3 fully saturated rings. The number of carbonyl (C=O) groups excluding carboxylic acids is 4. The lowest BCUT2D eigenvalue weighted by atomic mass is 9.95. The fourth-order valence-electron chi connectivity index (χ4n) is 9.47. The Balaban J connectivity index is 0.780. The second-order valence-corrected chi connectivity index (χ2v) is 17.1. The number of primary amides is 1. The summed E-state index contributed by atoms with van der Waals surface area (Å²) in [6, 6.07) is 20.1. The summed E-state index contributed by atoms with van der Waals surface area (Å²) in [5, 5.41) is 13.8. The minimum absolute atomic E-state index is 0.223. The summed E-state index contributed by atoms with van der Waals surface area (Å²) in [5.74, 6) is 0.209. The first-order valence-corrected chi connectivity index (χ1v) is 21.9. The number of allylic oxidation sites excluding steroid dienone is 1. The number of rotatable bonds is 11. The summed E-state index contributed by atoms with van der Waals surface area (Å²) in [6.45, 7) is 10.6. The summed E-state index contributed by atoms with van der Waals surface area (Å²) >= 11 is 0. The molecule has 0 spiro atoms. The SMILES string of the molecule is COC1(C(=O)NCc2ccc(-c3nn4c(c3C(N)=O)Nc3ccc(N5CCN(CC6CCN(c7ccc(N8CCC(=O)NC8=O)cc7)CC6)CC5)cc3CC4)cc2C)C=CC=NC1. The number of dihydropyridines is 1. The third kappa shape index (κ3) is 8.65. The lowest BCUT2D eigenvalue weighted by molar-refractivity contribution is -0.137. The van der Waals surface area contributed by atoms with Crippen molar-refractivity contribution in [3.63, 3.8) is 0 Å². The van der Waals surface area contributed by atoms with Crippen molar-refractivity contribution in [1.29, 1.82) is 0 Å². The van der Waals surface area contributed by atoms with Crippen molar-refractivity contribution in [3.05, 3.63) is 95.1 Å². The lowest BCUT2D eigenvalue weighted by Gasteiger charge is -2.40. The van der Waals surface area contributed by atoms with E-state index in [0.29, 0.717) is 49.0 Å². The third-order valence-corrected chi connectivity index (χ3v) is 13.3. The molecular weight excluding hydrogens is 799 g/mol. The average molecular weight is 854 g/mol. The Morgan fingerprint density at radius 2 is 1.62 bits per heavy atom. The Bertz CT molecular complexity index is 2470. The van der Waals surface area contributed by atoms with Gasteiger partial charge in [0.25, 0.3) is 11.8 Å². The van der Waals surface area contributed by atoms with E-state index in [0.717, 1.165) is 93.1 Å². The number of methoxy groups -OCH3 is 1. The number of aryl methyl sites for hydroxylation is 3. The molecule has 1 atom stereocenters. The van der Waals surface area contributed by atoms with E-state index < -0.39 is 11.5 Å². The van der Waals surface area contributed by atoms with Gasteiger partial charge in [-0.05, 0) is 109 Å². The van der Waals surface area contributed by atoms with Gasteiger partial charge in [-0.25, -0.2) is 9.48 Å². The molecule has 16 heteroatoms. The minimum atomic E-state index is -1.13. The average Bonchev–Trinajstić information content (AvgIpc) is 3.57. The highest BCUT2D eigenvalue weighted by Crippen LogP contribution is 2.37. The number of imide groups is 1. The number of piperazine rings is 1. The van der Waals surface area contributed by atoms with E-state index in [4.69, 9.17) is 15.6 Å². The summed E-state index contributed by atoms with van der Waals surface area (Å²) in [7, 11) is 1.51. The molecule has 0 radical (unpaired) electrons. The Labute approximate surface area is 367 Å². The smallest absolute Gasteiger partial charge is 0.328 e. The maximum atomic E-state index is 13.1. The fourth-order valence-corrected chi connectivity index (χ4v) is 9.47. The van der Waals surface area contributed by atoms with Gasteiger partial charge in [0.2, 0.25) is 5.91 Å². The zero-order valence-corrected chi connectivity index (χ0v) is 35.9. The van der Waals surface area contributed by atoms with Gasteiger partial charge in [-0.1, -0.05) is 12.1 Å². The zero-order chi connectivity index (χ0) is 43.7. The van der Waals surface area contributed by atoms with Crippen molar-refractivity contribution in [3.8, 4) is 11.3 Å². The van der Waals surface area contributed by atoms with E-state index in [-0.39, 0.29) is 24.4 Å². The van der Waals surface area contributed by atoms with Gasteiger partial charge >= 0.3 is 6.03 Å². The number of amides is 5. The molecule has 328 valence electrons. The van der Waals surface area contributed by atoms with Gasteiger partial charge in [0.05, 0.1) is 6.54 Å². The number of nitrogens with one attached hydrogen (secondary N) is 3. The molecule has 1 aromatic heterocycles. The van der Waals surface area contributed by atoms with Gasteiger partial charge in [-0.15, -0.1) is 0 Å². The minimum Gasteiger partial charge on any atom is -0.372 e. The van der Waals surface area contributed by atoms with Crippen LogP contribution in [0.5, 0.6) is 0 Å². The molecule has 5 aliphatic heterocycles. The predicted molar refractivity (Wildman–Crippen MR) is 244 cm³/mol. The van der Waals surface area contributed by atoms with Crippen LogP contribution in [0.3, 0.4) is 0 Å². The van der Waals surface area contributed by atoms with Gasteiger partial charge in [0.1, 0.15) is 17.1 Å². The third-order valence-electron chi connectivity index (χ3n) is 13.3. The molecule has 3 aromatic carbocycles. The number of urea groups is 1. The highest BCUT2D eigenvalue weighted by atomic mass is 16.5. The molecule has 3 saturated heterocycles. The molecule has 16 nitrogen and oxygen atoms in total. The number of carbonyl (C=O) groups is 4. The van der Waals surface area contributed by atoms with Crippen LogP contribution < -0.4 is 36.4 Å². The zero-order valence-electron chi connectivity index (χ0n) is 35.9. The number of hydrogen-bond donors (Lipinski definition) is 4. The lowest BCUT2D eigenvalue weighted by Crippen LogP contribution is -2.49. The highest BCUT2D eigenvalue weighted by molar-refractivity contribution is 6.06. The second kappa shape index (κ2) is 17.7. The van der Waals surface area contributed by atoms with Gasteiger partial charge in [0, 0.05) is 114 Å². The van der Waals surface area contributed by atoms with Crippen LogP contribution >= 0.6 is 0 Å². The van der Waals surface area contributed by atoms with E-state index in [9.17, 15) is 19.2 Å². The number of benzene rings is 3. The topological polar surface area (TPSA) is 183 Å². The van der Waals surface area contributed by atoms with E-state index >= 15 is 0 Å². The molecule has 5 N–H and O–H groups in total. The Morgan fingerprint density at radius 3 is 2.32 bits per heavy atom. The molecular formula is C47H55N11O5. The van der Waals surface area contributed by atoms with E-state index in [1.165, 1.54) is 24.0 Å². The first-order valence-electron chi connectivity index (χ1n) is 21.9. The molecule has 9 rings (SSSR count). The van der Waals surface area contributed by atoms with Gasteiger partial charge < -0.3 is 30.9 Å². The Kier molecular flexibility index (Phi) is 11.7. The van der Waals surface area contributed by atoms with Crippen LogP contribution in [0.4, 0.5) is 33.4 Å². The number of fused-ring (bicyclic) bond motifs is 2. The largest absolute Gasteiger partial charge is 0.372 e. The van der Waals surface area contributed by atoms with Crippen LogP contribution in [0, 0.1) is 12.8 Å². The Hall–Kier alpha value is -6.52. The summed E-state index contributed by atoms with van der Waals surface area (Å²) in [4.78, 5) is 63.3. The number of hydrogen-bond acceptors (Lipinski definition) is 11. The first-order chi connectivity index (χ1) is 30.6. The van der Waals surface area contributed by atoms with Crippen LogP contribution in [-0.4, -0.2) is 116 Å². The number of aliphatic imine (C=N–C) groups is 1. The number of nitrogens with two attached hydrogens (primary N) is 1. The van der Waals surface area contributed by atoms with Gasteiger partial charge in [-0.2, -0.15) is 5.10 Å². The number of aromatic nitrogens is 2. The van der Waals surface area contributed by atoms with Crippen molar-refractivity contribution in [1.82, 2.24) is 25.3 Å². The molecule has 6 heterocycles. The quantitative estimate of drug-likeness (QED) is 0.169. The normalized spacial score (nSPS) is 20.4. The molecule has 0 bridgehead atoms. The molecule has 4 aromatic rings. The number of nitrogens with zero attached hydrogens (tertiary/aromatic N) is 7. The van der Waals surface area contributed by atoms with E-state index in [1.807, 2.05) is 41.9 Å². The maximum Gasteiger partial charge on any atom is 0.328 e. The Morgan fingerprint density at radius 1 is 0.873 bits per heavy atom. The molecule has 5 aliphatic rings. The van der Waals surface area contributed by atoms with Gasteiger partial charge in [0.15, 0.2) is 5.60 Å². The molecule has 63 heavy (non-hydrogen) atoms. The monoisotopic (exact) mass is 853 g/mol. The van der Waals surface area contributed by atoms with Crippen LogP contribution in [-0.2, 0) is 33.8 Å². The number of anilines is 5. The van der Waals surface area contributed by atoms with Crippen molar-refractivity contribution in [2.75, 3.05) is 86.0 Å². The predicted octanol–water partition coefficient (Wildman–Crippen LogP) is 4.38. The fraction of sp³-hybridized carbons (Fsp3) is 0.404. The van der Waals surface area contributed by atoms with Crippen molar-refractivity contribution >= 4 is 58.5 Å². The molecule has 0 aliphatic carbocycles. The summed E-state index contributed by atoms with van der Waals surface area (Å²) < 4.78 is 7.39. The van der Waals surface area contributed by atoms with Crippen LogP contribution in [0.2, 0.25) is 0 Å². The molecule has 5 amide bonds. The van der Waals surface area contributed by atoms with Crippen LogP contribution in [0.1, 0.15) is 46.3 Å². The highest BCUT2D eigenvalue weighted by Gasteiger charge is 2.37. The number of ether oxygens (including phenoxy) is 1. The number of piperidine rings is 1. The van der Waals surface area contributed by atoms with Crippen molar-refractivity contribution in [2.45, 2.75) is 51.3 Å². The van der Waals surface area contributed by atoms with E-state index in [1.54, 1.807) is 23.3 Å². The van der Waals surface area contributed by atoms with Crippen molar-refractivity contribution < 1.29 is 23.9 Å². The molecule has 0 saturated carbocycles. The van der Waals surface area contributed by atoms with Crippen molar-refractivity contribution in [2.24, 2.45) is 16.6 Å². The first kappa shape index (κ1) is 41.8. The maximum absolute atomic E-state index is 13.1. The standard InChI is InChI=1S/C47H55N11O5/c1-31-26-34(4-5-35(31)28-50-45(61)47(63-2)16-3-17-49-30-47)42-41(43(48)60)44-51-39-11-10-38(27-33(39)14-21-58(44)53-42)56-24-22-54(23-25-56)29-32-12-18-55(19-13-32)36-6-8-37(9-7-36)57-20-15-40(59)52-46(57)62/h3-11,16-17,26-27,32,51H,12-15,18-25,28-30H2,1-2H3,(H2,48,60)(H,50,61)(H,52,59,62). The molecule has 1 unspecified atom stereocenters. The van der Waals surface area contributed by atoms with Crippen LogP contribution in [0.15, 0.2) is 77.8 Å². The second-order valence-electron chi connectivity index (χ2n) is 17.1.